The summed E-state index contributed by atoms with van der Waals surface area (Å²) in [7, 11) is 3.37. The first-order chi connectivity index (χ1) is 14.6. The van der Waals surface area contributed by atoms with E-state index in [1.807, 2.05) is 12.1 Å². The maximum Gasteiger partial charge on any atom is 0.274 e. The van der Waals surface area contributed by atoms with Crippen LogP contribution in [0.1, 0.15) is 30.0 Å². The number of methoxy groups -OCH3 is 1. The summed E-state index contributed by atoms with van der Waals surface area (Å²) in [6.45, 7) is 3.15. The van der Waals surface area contributed by atoms with Crippen LogP contribution in [0.3, 0.4) is 0 Å². The summed E-state index contributed by atoms with van der Waals surface area (Å²) in [5, 5.41) is 17.8. The summed E-state index contributed by atoms with van der Waals surface area (Å²) >= 11 is 0. The Kier molecular flexibility index (Phi) is 9.99. The van der Waals surface area contributed by atoms with Gasteiger partial charge in [-0.05, 0) is 43.6 Å². The number of nitrogens with one attached hydrogen (secondary N) is 2. The zero-order chi connectivity index (χ0) is 21.3. The third kappa shape index (κ3) is 6.79. The van der Waals surface area contributed by atoms with Gasteiger partial charge in [-0.2, -0.15) is 0 Å². The molecule has 168 valence electrons. The predicted molar refractivity (Wildman–Crippen MR) is 133 cm³/mol. The van der Waals surface area contributed by atoms with E-state index in [2.05, 4.69) is 32.7 Å². The van der Waals surface area contributed by atoms with Crippen molar-refractivity contribution < 1.29 is 9.66 Å². The molecule has 1 heterocycles. The molecular weight excluding hydrogens is 509 g/mol. The molecule has 2 N–H and O–H groups in total. The van der Waals surface area contributed by atoms with Gasteiger partial charge >= 0.3 is 0 Å². The van der Waals surface area contributed by atoms with Crippen molar-refractivity contribution in [2.24, 2.45) is 4.99 Å². The largest absolute Gasteiger partial charge is 0.497 e. The Balaban J connectivity index is 0.00000341. The minimum Gasteiger partial charge on any atom is -0.497 e. The van der Waals surface area contributed by atoms with Crippen LogP contribution in [-0.4, -0.2) is 49.6 Å². The van der Waals surface area contributed by atoms with Gasteiger partial charge in [0.1, 0.15) is 5.75 Å². The first kappa shape index (κ1) is 24.9. The maximum absolute atomic E-state index is 11.2. The number of hydrogen-bond acceptors (Lipinski definition) is 5. The number of nitrogens with zero attached hydrogens (tertiary/aromatic N) is 3. The highest BCUT2D eigenvalue weighted by molar-refractivity contribution is 14.0. The van der Waals surface area contributed by atoms with E-state index in [0.29, 0.717) is 24.6 Å². The van der Waals surface area contributed by atoms with E-state index >= 15 is 0 Å². The molecule has 1 atom stereocenters. The van der Waals surface area contributed by atoms with Crippen molar-refractivity contribution >= 4 is 35.6 Å². The van der Waals surface area contributed by atoms with E-state index < -0.39 is 0 Å². The van der Waals surface area contributed by atoms with Crippen LogP contribution in [0, 0.1) is 10.1 Å². The Morgan fingerprint density at radius 2 is 1.84 bits per heavy atom. The number of guanidine groups is 1. The Morgan fingerprint density at radius 3 is 2.45 bits per heavy atom. The lowest BCUT2D eigenvalue weighted by molar-refractivity contribution is -0.385. The van der Waals surface area contributed by atoms with Crippen LogP contribution in [0.4, 0.5) is 5.69 Å². The molecule has 0 bridgehead atoms. The Bertz CT molecular complexity index is 870. The van der Waals surface area contributed by atoms with E-state index in [1.165, 1.54) is 24.5 Å². The third-order valence-electron chi connectivity index (χ3n) is 5.40. The Labute approximate surface area is 200 Å². The topological polar surface area (TPSA) is 92.0 Å². The Morgan fingerprint density at radius 1 is 1.16 bits per heavy atom. The summed E-state index contributed by atoms with van der Waals surface area (Å²) in [4.78, 5) is 17.6. The van der Waals surface area contributed by atoms with Crippen molar-refractivity contribution in [1.82, 2.24) is 15.5 Å². The van der Waals surface area contributed by atoms with Crippen molar-refractivity contribution in [3.63, 3.8) is 0 Å². The molecular formula is C22H30IN5O3. The SMILES string of the molecule is CN=C(NCc1ccccc1[N+](=O)[O-])NCC(c1ccc(OC)cc1)N1CCCC1.I. The van der Waals surface area contributed by atoms with Gasteiger partial charge < -0.3 is 15.4 Å². The number of ether oxygens (including phenoxy) is 1. The molecule has 31 heavy (non-hydrogen) atoms. The average Bonchev–Trinajstić information content (AvgIpc) is 3.31. The molecule has 2 aromatic rings. The van der Waals surface area contributed by atoms with E-state index in [4.69, 9.17) is 4.74 Å². The molecule has 0 radical (unpaired) electrons. The molecule has 1 unspecified atom stereocenters. The van der Waals surface area contributed by atoms with Gasteiger partial charge in [0, 0.05) is 31.8 Å². The molecule has 0 amide bonds. The van der Waals surface area contributed by atoms with Crippen molar-refractivity contribution in [1.29, 1.82) is 0 Å². The van der Waals surface area contributed by atoms with Crippen LogP contribution in [0.2, 0.25) is 0 Å². The highest BCUT2D eigenvalue weighted by Crippen LogP contribution is 2.26. The first-order valence-electron chi connectivity index (χ1n) is 10.2. The smallest absolute Gasteiger partial charge is 0.274 e. The van der Waals surface area contributed by atoms with Crippen LogP contribution >= 0.6 is 24.0 Å². The summed E-state index contributed by atoms with van der Waals surface area (Å²) < 4.78 is 5.28. The Hall–Kier alpha value is -2.40. The average molecular weight is 539 g/mol. The second-order valence-corrected chi connectivity index (χ2v) is 7.22. The number of hydrogen-bond donors (Lipinski definition) is 2. The minimum absolute atomic E-state index is 0. The minimum atomic E-state index is -0.361. The molecule has 1 aliphatic heterocycles. The molecule has 3 rings (SSSR count). The summed E-state index contributed by atoms with van der Waals surface area (Å²) in [5.41, 5.74) is 1.95. The number of rotatable bonds is 8. The lowest BCUT2D eigenvalue weighted by atomic mass is 10.1. The molecule has 1 fully saturated rings. The summed E-state index contributed by atoms with van der Waals surface area (Å²) in [6.07, 6.45) is 2.41. The zero-order valence-corrected chi connectivity index (χ0v) is 20.2. The van der Waals surface area contributed by atoms with Crippen molar-refractivity contribution in [3.8, 4) is 5.75 Å². The number of nitro groups is 1. The fourth-order valence-corrected chi connectivity index (χ4v) is 3.77. The number of likely N-dealkylation sites (tertiary alicyclic amines) is 1. The van der Waals surface area contributed by atoms with Crippen molar-refractivity contribution in [3.05, 3.63) is 69.8 Å². The molecule has 1 saturated heterocycles. The van der Waals surface area contributed by atoms with E-state index in [-0.39, 0.29) is 40.6 Å². The zero-order valence-electron chi connectivity index (χ0n) is 17.9. The van der Waals surface area contributed by atoms with Crippen molar-refractivity contribution in [2.75, 3.05) is 33.8 Å². The van der Waals surface area contributed by atoms with E-state index in [0.717, 1.165) is 18.8 Å². The van der Waals surface area contributed by atoms with Crippen LogP contribution in [0.15, 0.2) is 53.5 Å². The fourth-order valence-electron chi connectivity index (χ4n) is 3.77. The van der Waals surface area contributed by atoms with E-state index in [1.54, 1.807) is 32.4 Å². The number of halogens is 1. The second-order valence-electron chi connectivity index (χ2n) is 7.22. The molecule has 2 aromatic carbocycles. The highest BCUT2D eigenvalue weighted by Gasteiger charge is 2.24. The molecule has 8 nitrogen and oxygen atoms in total. The molecule has 1 aliphatic rings. The van der Waals surface area contributed by atoms with Crippen LogP contribution in [-0.2, 0) is 6.54 Å². The fraction of sp³-hybridized carbons (Fsp3) is 0.409. The monoisotopic (exact) mass is 539 g/mol. The molecule has 0 aromatic heterocycles. The normalized spacial score (nSPS) is 15.1. The lowest BCUT2D eigenvalue weighted by Gasteiger charge is -2.29. The molecule has 0 aliphatic carbocycles. The lowest BCUT2D eigenvalue weighted by Crippen LogP contribution is -2.42. The van der Waals surface area contributed by atoms with Crippen LogP contribution in [0.25, 0.3) is 0 Å². The second kappa shape index (κ2) is 12.5. The van der Waals surface area contributed by atoms with Gasteiger partial charge in [0.05, 0.1) is 18.1 Å². The van der Waals surface area contributed by atoms with Gasteiger partial charge in [-0.3, -0.25) is 20.0 Å². The van der Waals surface area contributed by atoms with Gasteiger partial charge in [0.15, 0.2) is 5.96 Å². The predicted octanol–water partition coefficient (Wildman–Crippen LogP) is 3.72. The van der Waals surface area contributed by atoms with Crippen LogP contribution in [0.5, 0.6) is 5.75 Å². The maximum atomic E-state index is 11.2. The number of para-hydroxylation sites is 1. The standard InChI is InChI=1S/C22H29N5O3.HI/c1-23-22(24-15-18-7-3-4-8-20(18)27(28)29)25-16-21(26-13-5-6-14-26)17-9-11-19(30-2)12-10-17;/h3-4,7-12,21H,5-6,13-16H2,1-2H3,(H2,23,24,25);1H. The van der Waals surface area contributed by atoms with Gasteiger partial charge in [-0.1, -0.05) is 30.3 Å². The van der Waals surface area contributed by atoms with E-state index in [9.17, 15) is 10.1 Å². The number of nitro benzene ring substituents is 1. The first-order valence-corrected chi connectivity index (χ1v) is 10.2. The van der Waals surface area contributed by atoms with Gasteiger partial charge in [0.2, 0.25) is 0 Å². The molecule has 9 heteroatoms. The number of aliphatic imine (C=N–C) groups is 1. The summed E-state index contributed by atoms with van der Waals surface area (Å²) in [5.74, 6) is 1.46. The van der Waals surface area contributed by atoms with Gasteiger partial charge in [-0.25, -0.2) is 0 Å². The quantitative estimate of drug-likeness (QED) is 0.175. The van der Waals surface area contributed by atoms with Gasteiger partial charge in [0.25, 0.3) is 5.69 Å². The van der Waals surface area contributed by atoms with Crippen molar-refractivity contribution in [2.45, 2.75) is 25.4 Å². The number of benzene rings is 2. The van der Waals surface area contributed by atoms with Gasteiger partial charge in [-0.15, -0.1) is 24.0 Å². The molecule has 0 spiro atoms. The van der Waals surface area contributed by atoms with Crippen LogP contribution < -0.4 is 15.4 Å². The third-order valence-corrected chi connectivity index (χ3v) is 5.40. The highest BCUT2D eigenvalue weighted by atomic mass is 127. The molecule has 0 saturated carbocycles. The summed E-state index contributed by atoms with van der Waals surface area (Å²) in [6, 6.07) is 15.1.